The average molecular weight is 363 g/mol. The molecule has 140 valence electrons. The molecule has 0 bridgehead atoms. The second kappa shape index (κ2) is 9.67. The largest absolute Gasteiger partial charge is 0.381 e. The maximum Gasteiger partial charge on any atom is 0.237 e. The maximum absolute atomic E-state index is 12.0. The molecule has 2 rings (SSSR count). The molecule has 0 aromatic carbocycles. The number of nitrogens with two attached hydrogens (primary N) is 1. The van der Waals surface area contributed by atoms with Crippen LogP contribution < -0.4 is 15.8 Å². The Bertz CT molecular complexity index is 487. The van der Waals surface area contributed by atoms with Crippen LogP contribution in [0.1, 0.15) is 32.1 Å². The highest BCUT2D eigenvalue weighted by Gasteiger charge is 2.26. The first-order valence-electron chi connectivity index (χ1n) is 8.68. The van der Waals surface area contributed by atoms with Gasteiger partial charge in [0.25, 0.3) is 0 Å². The number of sulfonamides is 1. The van der Waals surface area contributed by atoms with Crippen molar-refractivity contribution in [3.05, 3.63) is 0 Å². The molecule has 2 atom stereocenters. The number of carbonyl (C=O) groups excluding carboxylic acids is 1. The molecule has 2 aliphatic rings. The number of ether oxygens (including phenoxy) is 2. The third-order valence-electron chi connectivity index (χ3n) is 4.55. The first-order chi connectivity index (χ1) is 11.5. The van der Waals surface area contributed by atoms with Crippen LogP contribution in [0.25, 0.3) is 0 Å². The monoisotopic (exact) mass is 363 g/mol. The molecule has 0 radical (unpaired) electrons. The third-order valence-corrected chi connectivity index (χ3v) is 5.90. The standard InChI is InChI=1S/C15H29N3O5S/c16-14(12-4-8-22-9-5-12)15(19)17-6-10-24(20,21)18-11-13-3-1-2-7-23-13/h12-14,18H,1-11,16H2,(H,17,19). The average Bonchev–Trinajstić information content (AvgIpc) is 2.61. The normalized spacial score (nSPS) is 24.5. The maximum atomic E-state index is 12.0. The zero-order chi connectivity index (χ0) is 17.4. The molecule has 8 nitrogen and oxygen atoms in total. The topological polar surface area (TPSA) is 120 Å². The summed E-state index contributed by atoms with van der Waals surface area (Å²) in [5, 5.41) is 2.62. The van der Waals surface area contributed by atoms with E-state index in [1.54, 1.807) is 0 Å². The Hall–Kier alpha value is -0.740. The minimum absolute atomic E-state index is 0.0509. The molecule has 2 unspecified atom stereocenters. The van der Waals surface area contributed by atoms with E-state index in [0.717, 1.165) is 32.1 Å². The molecule has 2 aliphatic heterocycles. The molecule has 2 saturated heterocycles. The van der Waals surface area contributed by atoms with E-state index in [2.05, 4.69) is 10.0 Å². The van der Waals surface area contributed by atoms with E-state index in [9.17, 15) is 13.2 Å². The van der Waals surface area contributed by atoms with Gasteiger partial charge in [0.1, 0.15) is 0 Å². The van der Waals surface area contributed by atoms with Crippen molar-refractivity contribution in [3.8, 4) is 0 Å². The van der Waals surface area contributed by atoms with E-state index in [-0.39, 0.29) is 36.8 Å². The van der Waals surface area contributed by atoms with Crippen LogP contribution in [0, 0.1) is 5.92 Å². The molecule has 1 amide bonds. The fourth-order valence-corrected chi connectivity index (χ4v) is 3.93. The fraction of sp³-hybridized carbons (Fsp3) is 0.933. The zero-order valence-corrected chi connectivity index (χ0v) is 14.9. The molecule has 0 aromatic heterocycles. The molecule has 0 saturated carbocycles. The molecule has 2 fully saturated rings. The predicted octanol–water partition coefficient (Wildman–Crippen LogP) is -0.655. The van der Waals surface area contributed by atoms with Gasteiger partial charge in [-0.15, -0.1) is 0 Å². The van der Waals surface area contributed by atoms with Crippen LogP contribution in [0.5, 0.6) is 0 Å². The molecule has 9 heteroatoms. The van der Waals surface area contributed by atoms with E-state index >= 15 is 0 Å². The van der Waals surface area contributed by atoms with Crippen molar-refractivity contribution in [1.82, 2.24) is 10.0 Å². The number of hydrogen-bond donors (Lipinski definition) is 3. The van der Waals surface area contributed by atoms with Crippen molar-refractivity contribution >= 4 is 15.9 Å². The second-order valence-corrected chi connectivity index (χ2v) is 8.35. The minimum Gasteiger partial charge on any atom is -0.381 e. The predicted molar refractivity (Wildman–Crippen MR) is 89.9 cm³/mol. The molecule has 24 heavy (non-hydrogen) atoms. The lowest BCUT2D eigenvalue weighted by Crippen LogP contribution is -2.48. The summed E-state index contributed by atoms with van der Waals surface area (Å²) >= 11 is 0. The highest BCUT2D eigenvalue weighted by atomic mass is 32.2. The van der Waals surface area contributed by atoms with Gasteiger partial charge < -0.3 is 20.5 Å². The summed E-state index contributed by atoms with van der Waals surface area (Å²) in [5.41, 5.74) is 5.95. The van der Waals surface area contributed by atoms with Gasteiger partial charge in [-0.1, -0.05) is 0 Å². The van der Waals surface area contributed by atoms with Gasteiger partial charge in [-0.05, 0) is 38.0 Å². The smallest absolute Gasteiger partial charge is 0.237 e. The van der Waals surface area contributed by atoms with Gasteiger partial charge in [-0.2, -0.15) is 0 Å². The van der Waals surface area contributed by atoms with Gasteiger partial charge in [0.2, 0.25) is 15.9 Å². The van der Waals surface area contributed by atoms with E-state index in [1.807, 2.05) is 0 Å². The van der Waals surface area contributed by atoms with Gasteiger partial charge in [-0.25, -0.2) is 13.1 Å². The van der Waals surface area contributed by atoms with E-state index in [0.29, 0.717) is 19.8 Å². The third kappa shape index (κ3) is 6.64. The van der Waals surface area contributed by atoms with Crippen molar-refractivity contribution in [2.75, 3.05) is 38.7 Å². The Morgan fingerprint density at radius 2 is 1.92 bits per heavy atom. The lowest BCUT2D eigenvalue weighted by molar-refractivity contribution is -0.124. The number of rotatable bonds is 8. The Morgan fingerprint density at radius 1 is 1.17 bits per heavy atom. The fourth-order valence-electron chi connectivity index (χ4n) is 2.98. The van der Waals surface area contributed by atoms with Crippen LogP contribution in [0.3, 0.4) is 0 Å². The lowest BCUT2D eigenvalue weighted by Gasteiger charge is -2.26. The van der Waals surface area contributed by atoms with E-state index in [1.165, 1.54) is 0 Å². The summed E-state index contributed by atoms with van der Waals surface area (Å²) in [7, 11) is -3.43. The number of amides is 1. The van der Waals surface area contributed by atoms with Crippen LogP contribution in [0.2, 0.25) is 0 Å². The Kier molecular flexibility index (Phi) is 7.89. The van der Waals surface area contributed by atoms with Crippen molar-refractivity contribution in [2.24, 2.45) is 11.7 Å². The van der Waals surface area contributed by atoms with Gasteiger partial charge in [-0.3, -0.25) is 4.79 Å². The summed E-state index contributed by atoms with van der Waals surface area (Å²) < 4.78 is 37.2. The summed E-state index contributed by atoms with van der Waals surface area (Å²) in [6.07, 6.45) is 4.44. The van der Waals surface area contributed by atoms with Gasteiger partial charge in [0.15, 0.2) is 0 Å². The summed E-state index contributed by atoms with van der Waals surface area (Å²) in [5.74, 6) is -0.365. The van der Waals surface area contributed by atoms with Gasteiger partial charge in [0.05, 0.1) is 17.9 Å². The molecule has 0 aliphatic carbocycles. The number of carbonyl (C=O) groups is 1. The Balaban J connectivity index is 1.64. The summed E-state index contributed by atoms with van der Waals surface area (Å²) in [6, 6.07) is -0.611. The quantitative estimate of drug-likeness (QED) is 0.527. The van der Waals surface area contributed by atoms with Crippen LogP contribution in [-0.4, -0.2) is 65.1 Å². The molecular weight excluding hydrogens is 334 g/mol. The minimum atomic E-state index is -3.43. The van der Waals surface area contributed by atoms with Crippen molar-refractivity contribution in [3.63, 3.8) is 0 Å². The highest BCUT2D eigenvalue weighted by Crippen LogP contribution is 2.17. The SMILES string of the molecule is NC(C(=O)NCCS(=O)(=O)NCC1CCCCO1)C1CCOCC1. The van der Waals surface area contributed by atoms with Crippen molar-refractivity contribution < 1.29 is 22.7 Å². The summed E-state index contributed by atoms with van der Waals surface area (Å²) in [6.45, 7) is 2.27. The first kappa shape index (κ1) is 19.6. The Morgan fingerprint density at radius 3 is 2.58 bits per heavy atom. The molecular formula is C15H29N3O5S. The Labute approximate surface area is 143 Å². The van der Waals surface area contributed by atoms with Crippen molar-refractivity contribution in [1.29, 1.82) is 0 Å². The molecule has 2 heterocycles. The molecule has 4 N–H and O–H groups in total. The van der Waals surface area contributed by atoms with Crippen LogP contribution in [0.15, 0.2) is 0 Å². The zero-order valence-electron chi connectivity index (χ0n) is 14.0. The highest BCUT2D eigenvalue weighted by molar-refractivity contribution is 7.89. The van der Waals surface area contributed by atoms with Crippen molar-refractivity contribution in [2.45, 2.75) is 44.2 Å². The summed E-state index contributed by atoms with van der Waals surface area (Å²) in [4.78, 5) is 12.0. The number of nitrogens with one attached hydrogen (secondary N) is 2. The second-order valence-electron chi connectivity index (χ2n) is 6.42. The molecule has 0 spiro atoms. The lowest BCUT2D eigenvalue weighted by atomic mass is 9.92. The molecule has 0 aromatic rings. The van der Waals surface area contributed by atoms with Crippen LogP contribution in [-0.2, 0) is 24.3 Å². The van der Waals surface area contributed by atoms with E-state index in [4.69, 9.17) is 15.2 Å². The van der Waals surface area contributed by atoms with Crippen LogP contribution in [0.4, 0.5) is 0 Å². The van der Waals surface area contributed by atoms with Crippen LogP contribution >= 0.6 is 0 Å². The number of hydrogen-bond acceptors (Lipinski definition) is 6. The van der Waals surface area contributed by atoms with Gasteiger partial charge >= 0.3 is 0 Å². The van der Waals surface area contributed by atoms with E-state index < -0.39 is 16.1 Å². The first-order valence-corrected chi connectivity index (χ1v) is 10.3. The van der Waals surface area contributed by atoms with Gasteiger partial charge in [0, 0.05) is 32.9 Å².